The van der Waals surface area contributed by atoms with Crippen LogP contribution in [-0.2, 0) is 33.8 Å². The summed E-state index contributed by atoms with van der Waals surface area (Å²) in [5, 5.41) is 13.2. The van der Waals surface area contributed by atoms with Crippen LogP contribution in [0.5, 0.6) is 0 Å². The molecule has 2 aromatic carbocycles. The highest BCUT2D eigenvalue weighted by molar-refractivity contribution is 7.89. The first kappa shape index (κ1) is 27.1. The number of hydrogen-bond acceptors (Lipinski definition) is 5. The highest BCUT2D eigenvalue weighted by Gasteiger charge is 2.30. The molecule has 0 radical (unpaired) electrons. The van der Waals surface area contributed by atoms with E-state index in [0.29, 0.717) is 11.1 Å². The second kappa shape index (κ2) is 11.0. The second-order valence-corrected chi connectivity index (χ2v) is 11.1. The van der Waals surface area contributed by atoms with Gasteiger partial charge in [0.1, 0.15) is 5.78 Å². The van der Waals surface area contributed by atoms with E-state index in [1.165, 1.54) is 35.6 Å². The number of halogens is 3. The fourth-order valence-electron chi connectivity index (χ4n) is 3.59. The lowest BCUT2D eigenvalue weighted by atomic mass is 9.95. The molecule has 2 N–H and O–H groups in total. The first-order valence-electron chi connectivity index (χ1n) is 10.9. The minimum absolute atomic E-state index is 0.0579. The van der Waals surface area contributed by atoms with Crippen LogP contribution in [0.15, 0.2) is 64.2 Å². The molecule has 0 saturated heterocycles. The van der Waals surface area contributed by atoms with Gasteiger partial charge in [-0.05, 0) is 63.2 Å². The van der Waals surface area contributed by atoms with Gasteiger partial charge in [0, 0.05) is 18.9 Å². The Morgan fingerprint density at radius 2 is 1.83 bits per heavy atom. The number of ketones is 1. The third kappa shape index (κ3) is 7.00. The zero-order valence-electron chi connectivity index (χ0n) is 19.2. The van der Waals surface area contributed by atoms with Gasteiger partial charge < -0.3 is 5.11 Å². The van der Waals surface area contributed by atoms with Gasteiger partial charge in [-0.3, -0.25) is 4.79 Å². The number of carbonyl (C=O) groups is 1. The lowest BCUT2D eigenvalue weighted by Crippen LogP contribution is -2.41. The van der Waals surface area contributed by atoms with Gasteiger partial charge in [-0.15, -0.1) is 0 Å². The van der Waals surface area contributed by atoms with Crippen molar-refractivity contribution in [3.8, 4) is 11.1 Å². The number of aliphatic hydroxyl groups excluding tert-OH is 1. The van der Waals surface area contributed by atoms with E-state index in [4.69, 9.17) is 0 Å². The van der Waals surface area contributed by atoms with E-state index in [1.807, 2.05) is 16.8 Å². The Kier molecular flexibility index (Phi) is 8.53. The van der Waals surface area contributed by atoms with E-state index in [-0.39, 0.29) is 41.6 Å². The van der Waals surface area contributed by atoms with Gasteiger partial charge in [0.2, 0.25) is 10.0 Å². The molecule has 0 spiro atoms. The highest BCUT2D eigenvalue weighted by atomic mass is 32.2. The van der Waals surface area contributed by atoms with Crippen molar-refractivity contribution in [1.82, 2.24) is 4.72 Å². The predicted octanol–water partition coefficient (Wildman–Crippen LogP) is 5.08. The molecule has 3 aromatic rings. The number of carbonyl (C=O) groups excluding carboxylic acids is 1. The van der Waals surface area contributed by atoms with Crippen molar-refractivity contribution < 1.29 is 31.5 Å². The largest absolute Gasteiger partial charge is 0.416 e. The number of benzene rings is 2. The monoisotopic (exact) mass is 525 g/mol. The van der Waals surface area contributed by atoms with Gasteiger partial charge in [-0.2, -0.15) is 24.5 Å². The Labute approximate surface area is 206 Å². The van der Waals surface area contributed by atoms with E-state index in [0.717, 1.165) is 17.7 Å². The molecular formula is C25H26F3NO4S2. The van der Waals surface area contributed by atoms with Crippen molar-refractivity contribution in [1.29, 1.82) is 0 Å². The molecule has 0 aliphatic heterocycles. The summed E-state index contributed by atoms with van der Waals surface area (Å²) < 4.78 is 67.5. The van der Waals surface area contributed by atoms with Gasteiger partial charge in [0.15, 0.2) is 0 Å². The molecule has 188 valence electrons. The van der Waals surface area contributed by atoms with Crippen LogP contribution < -0.4 is 4.72 Å². The van der Waals surface area contributed by atoms with Crippen molar-refractivity contribution in [2.24, 2.45) is 5.92 Å². The number of sulfonamides is 1. The summed E-state index contributed by atoms with van der Waals surface area (Å²) in [6, 6.07) is 10.2. The predicted molar refractivity (Wildman–Crippen MR) is 130 cm³/mol. The fraction of sp³-hybridized carbons (Fsp3) is 0.320. The molecule has 35 heavy (non-hydrogen) atoms. The molecule has 1 heterocycles. The van der Waals surface area contributed by atoms with E-state index in [1.54, 1.807) is 19.9 Å². The number of hydrogen-bond donors (Lipinski definition) is 2. The molecule has 10 heteroatoms. The Hall–Kier alpha value is -2.53. The van der Waals surface area contributed by atoms with Gasteiger partial charge in [0.05, 0.1) is 17.1 Å². The average molecular weight is 526 g/mol. The Morgan fingerprint density at radius 1 is 1.09 bits per heavy atom. The zero-order valence-corrected chi connectivity index (χ0v) is 20.8. The summed E-state index contributed by atoms with van der Waals surface area (Å²) in [7, 11) is -3.99. The molecule has 0 aliphatic carbocycles. The Balaban J connectivity index is 1.91. The number of Topliss-reactive ketones (excluding diaryl/α,β-unsaturated/α-hetero) is 1. The minimum atomic E-state index is -4.51. The number of aliphatic hydroxyl groups is 1. The maximum atomic E-state index is 13.0. The lowest BCUT2D eigenvalue weighted by Gasteiger charge is -2.20. The molecule has 0 amide bonds. The molecule has 0 saturated carbocycles. The van der Waals surface area contributed by atoms with Crippen LogP contribution in [-0.4, -0.2) is 32.0 Å². The molecule has 0 bridgehead atoms. The van der Waals surface area contributed by atoms with Gasteiger partial charge in [-0.1, -0.05) is 38.1 Å². The standard InChI is InChI=1S/C25H26F3NO4S2/c1-16(2)24(14-30)29-35(32,33)22-6-7-23(18-8-9-34-15-18)19(13-22)12-21(31)11-17-4-3-5-20(10-17)25(26,27)28/h3-10,13,15-16,24,29-30H,11-12,14H2,1-2H3. The van der Waals surface area contributed by atoms with E-state index in [9.17, 15) is 31.5 Å². The van der Waals surface area contributed by atoms with Gasteiger partial charge >= 0.3 is 6.18 Å². The van der Waals surface area contributed by atoms with Crippen molar-refractivity contribution in [2.45, 2.75) is 43.8 Å². The van der Waals surface area contributed by atoms with E-state index < -0.39 is 27.8 Å². The summed E-state index contributed by atoms with van der Waals surface area (Å²) >= 11 is 1.44. The molecule has 5 nitrogen and oxygen atoms in total. The molecule has 3 rings (SSSR count). The van der Waals surface area contributed by atoms with Gasteiger partial charge in [0.25, 0.3) is 0 Å². The number of rotatable bonds is 10. The SMILES string of the molecule is CC(C)C(CO)NS(=O)(=O)c1ccc(-c2ccsc2)c(CC(=O)Cc2cccc(C(F)(F)F)c2)c1. The van der Waals surface area contributed by atoms with Crippen molar-refractivity contribution >= 4 is 27.1 Å². The van der Waals surface area contributed by atoms with Crippen molar-refractivity contribution in [3.05, 3.63) is 76.0 Å². The summed E-state index contributed by atoms with van der Waals surface area (Å²) in [6.07, 6.45) is -4.89. The second-order valence-electron chi connectivity index (χ2n) is 8.58. The topological polar surface area (TPSA) is 83.5 Å². The maximum absolute atomic E-state index is 13.0. The summed E-state index contributed by atoms with van der Waals surface area (Å²) in [5.41, 5.74) is 1.34. The number of nitrogens with one attached hydrogen (secondary N) is 1. The quantitative estimate of drug-likeness (QED) is 0.387. The molecular weight excluding hydrogens is 499 g/mol. The summed E-state index contributed by atoms with van der Waals surface area (Å²) in [4.78, 5) is 12.8. The maximum Gasteiger partial charge on any atom is 0.416 e. The molecule has 0 aliphatic rings. The first-order valence-corrected chi connectivity index (χ1v) is 13.3. The van der Waals surface area contributed by atoms with Crippen LogP contribution in [0.2, 0.25) is 0 Å². The normalized spacial score (nSPS) is 13.2. The van der Waals surface area contributed by atoms with Crippen LogP contribution in [0.25, 0.3) is 11.1 Å². The minimum Gasteiger partial charge on any atom is -0.395 e. The third-order valence-electron chi connectivity index (χ3n) is 5.57. The van der Waals surface area contributed by atoms with Crippen molar-refractivity contribution in [3.63, 3.8) is 0 Å². The zero-order chi connectivity index (χ0) is 25.8. The molecule has 1 atom stereocenters. The van der Waals surface area contributed by atoms with Crippen LogP contribution in [0.1, 0.15) is 30.5 Å². The van der Waals surface area contributed by atoms with Crippen molar-refractivity contribution in [2.75, 3.05) is 6.61 Å². The number of alkyl halides is 3. The van der Waals surface area contributed by atoms with E-state index in [2.05, 4.69) is 4.72 Å². The summed E-state index contributed by atoms with van der Waals surface area (Å²) in [6.45, 7) is 3.19. The average Bonchev–Trinajstić information content (AvgIpc) is 3.31. The third-order valence-corrected chi connectivity index (χ3v) is 7.74. The Bertz CT molecular complexity index is 1270. The molecule has 0 fully saturated rings. The molecule has 1 unspecified atom stereocenters. The van der Waals surface area contributed by atoms with Crippen LogP contribution in [0, 0.1) is 5.92 Å². The Morgan fingerprint density at radius 3 is 2.43 bits per heavy atom. The van der Waals surface area contributed by atoms with E-state index >= 15 is 0 Å². The van der Waals surface area contributed by atoms with Crippen LogP contribution in [0.4, 0.5) is 13.2 Å². The fourth-order valence-corrected chi connectivity index (χ4v) is 5.68. The van der Waals surface area contributed by atoms with Gasteiger partial charge in [-0.25, -0.2) is 13.1 Å². The highest BCUT2D eigenvalue weighted by Crippen LogP contribution is 2.31. The van der Waals surface area contributed by atoms with Crippen LogP contribution >= 0.6 is 11.3 Å². The smallest absolute Gasteiger partial charge is 0.395 e. The lowest BCUT2D eigenvalue weighted by molar-refractivity contribution is -0.137. The first-order chi connectivity index (χ1) is 16.4. The summed E-state index contributed by atoms with van der Waals surface area (Å²) in [5.74, 6) is -0.493. The van der Waals surface area contributed by atoms with Crippen LogP contribution in [0.3, 0.4) is 0 Å². The number of thiophene rings is 1. The molecule has 1 aromatic heterocycles.